The molecule has 2 N–H and O–H groups in total. The van der Waals surface area contributed by atoms with E-state index in [0.29, 0.717) is 24.2 Å². The summed E-state index contributed by atoms with van der Waals surface area (Å²) in [5.41, 5.74) is 10.4. The maximum absolute atomic E-state index is 13.8. The van der Waals surface area contributed by atoms with Crippen LogP contribution >= 0.6 is 11.3 Å². The molecule has 1 amide bonds. The summed E-state index contributed by atoms with van der Waals surface area (Å²) in [7, 11) is 0. The molecule has 2 aromatic heterocycles. The van der Waals surface area contributed by atoms with Crippen LogP contribution in [-0.4, -0.2) is 15.5 Å². The first kappa shape index (κ1) is 21.0. The van der Waals surface area contributed by atoms with E-state index in [0.717, 1.165) is 32.0 Å². The van der Waals surface area contributed by atoms with Gasteiger partial charge in [0.15, 0.2) is 0 Å². The first-order valence-electron chi connectivity index (χ1n) is 10.3. The molecule has 2 heterocycles. The van der Waals surface area contributed by atoms with Crippen molar-refractivity contribution in [3.8, 4) is 22.5 Å². The molecule has 0 aliphatic carbocycles. The monoisotopic (exact) mass is 431 g/mol. The molecule has 158 valence electrons. The van der Waals surface area contributed by atoms with Gasteiger partial charge in [-0.2, -0.15) is 0 Å². The molecule has 0 spiro atoms. The number of hydrogen-bond acceptors (Lipinski definition) is 4. The number of carbonyl (C=O) groups is 1. The highest BCUT2D eigenvalue weighted by Crippen LogP contribution is 2.36. The van der Waals surface area contributed by atoms with E-state index in [1.54, 1.807) is 15.9 Å². The number of primary amides is 1. The van der Waals surface area contributed by atoms with Gasteiger partial charge in [0, 0.05) is 29.0 Å². The number of nitrogens with two attached hydrogens (primary N) is 1. The Labute approximate surface area is 185 Å². The lowest BCUT2D eigenvalue weighted by Crippen LogP contribution is -2.24. The summed E-state index contributed by atoms with van der Waals surface area (Å²) in [6.07, 6.45) is 0.718. The third-order valence-electron chi connectivity index (χ3n) is 5.41. The number of fused-ring (bicyclic) bond motifs is 1. The first-order valence-corrected chi connectivity index (χ1v) is 11.1. The Morgan fingerprint density at radius 3 is 2.45 bits per heavy atom. The number of amides is 1. The van der Waals surface area contributed by atoms with E-state index in [1.165, 1.54) is 5.56 Å². The molecular weight excluding hydrogens is 406 g/mol. The van der Waals surface area contributed by atoms with Crippen LogP contribution in [0.1, 0.15) is 28.8 Å². The maximum Gasteiger partial charge on any atom is 0.263 e. The molecule has 2 aromatic carbocycles. The zero-order valence-corrected chi connectivity index (χ0v) is 18.8. The smallest absolute Gasteiger partial charge is 0.263 e. The van der Waals surface area contributed by atoms with Gasteiger partial charge < -0.3 is 5.73 Å². The van der Waals surface area contributed by atoms with Crippen molar-refractivity contribution in [2.45, 2.75) is 40.2 Å². The van der Waals surface area contributed by atoms with Crippen molar-refractivity contribution < 1.29 is 4.79 Å². The van der Waals surface area contributed by atoms with Gasteiger partial charge in [-0.3, -0.25) is 14.2 Å². The molecular formula is C25H25N3O2S. The predicted molar refractivity (Wildman–Crippen MR) is 127 cm³/mol. The lowest BCUT2D eigenvalue weighted by atomic mass is 10.0. The molecule has 0 atom stereocenters. The van der Waals surface area contributed by atoms with E-state index < -0.39 is 0 Å². The third kappa shape index (κ3) is 4.16. The number of rotatable bonds is 6. The molecule has 0 radical (unpaired) electrons. The summed E-state index contributed by atoms with van der Waals surface area (Å²) in [5.74, 6) is 0.258. The number of nitrogens with zero attached hydrogens (tertiary/aromatic N) is 2. The molecule has 0 aliphatic heterocycles. The molecule has 0 bridgehead atoms. The largest absolute Gasteiger partial charge is 0.370 e. The Hall–Kier alpha value is -3.25. The van der Waals surface area contributed by atoms with Crippen LogP contribution < -0.4 is 11.3 Å². The topological polar surface area (TPSA) is 78.0 Å². The third-order valence-corrected chi connectivity index (χ3v) is 6.41. The Morgan fingerprint density at radius 2 is 1.77 bits per heavy atom. The lowest BCUT2D eigenvalue weighted by Gasteiger charge is -2.13. The van der Waals surface area contributed by atoms with Crippen molar-refractivity contribution in [2.24, 2.45) is 5.73 Å². The van der Waals surface area contributed by atoms with Gasteiger partial charge in [0.05, 0.1) is 5.39 Å². The van der Waals surface area contributed by atoms with Crippen LogP contribution in [0.5, 0.6) is 0 Å². The summed E-state index contributed by atoms with van der Waals surface area (Å²) in [4.78, 5) is 31.8. The molecule has 5 nitrogen and oxygen atoms in total. The molecule has 4 rings (SSSR count). The van der Waals surface area contributed by atoms with Gasteiger partial charge >= 0.3 is 0 Å². The van der Waals surface area contributed by atoms with E-state index >= 15 is 0 Å². The van der Waals surface area contributed by atoms with Gasteiger partial charge in [-0.05, 0) is 38.8 Å². The summed E-state index contributed by atoms with van der Waals surface area (Å²) in [6, 6.07) is 16.2. The SMILES string of the molecule is Cc1ccc(-c2c(C)sc3nc(-c4cccc(C)c4)n(CCCC(N)=O)c(=O)c23)cc1. The van der Waals surface area contributed by atoms with Crippen molar-refractivity contribution in [1.29, 1.82) is 0 Å². The minimum atomic E-state index is -0.370. The van der Waals surface area contributed by atoms with Crippen LogP contribution in [0.4, 0.5) is 0 Å². The van der Waals surface area contributed by atoms with Crippen molar-refractivity contribution in [1.82, 2.24) is 9.55 Å². The highest BCUT2D eigenvalue weighted by molar-refractivity contribution is 7.19. The zero-order chi connectivity index (χ0) is 22.1. The first-order chi connectivity index (χ1) is 14.8. The van der Waals surface area contributed by atoms with Crippen molar-refractivity contribution in [3.05, 3.63) is 74.9 Å². The number of benzene rings is 2. The number of hydrogen-bond donors (Lipinski definition) is 1. The van der Waals surface area contributed by atoms with E-state index in [1.807, 2.05) is 45.0 Å². The minimum Gasteiger partial charge on any atom is -0.370 e. The molecule has 0 aliphatic rings. The van der Waals surface area contributed by atoms with Crippen LogP contribution in [0.15, 0.2) is 53.3 Å². The van der Waals surface area contributed by atoms with Crippen LogP contribution in [0.25, 0.3) is 32.7 Å². The highest BCUT2D eigenvalue weighted by Gasteiger charge is 2.20. The summed E-state index contributed by atoms with van der Waals surface area (Å²) >= 11 is 1.54. The van der Waals surface area contributed by atoms with E-state index in [2.05, 4.69) is 24.3 Å². The Balaban J connectivity index is 1.96. The fourth-order valence-corrected chi connectivity index (χ4v) is 4.92. The quantitative estimate of drug-likeness (QED) is 0.467. The van der Waals surface area contributed by atoms with Gasteiger partial charge in [-0.25, -0.2) is 4.98 Å². The fraction of sp³-hybridized carbons (Fsp3) is 0.240. The van der Waals surface area contributed by atoms with Crippen LogP contribution in [0.2, 0.25) is 0 Å². The van der Waals surface area contributed by atoms with Crippen molar-refractivity contribution in [2.75, 3.05) is 0 Å². The Bertz CT molecular complexity index is 1330. The second kappa shape index (κ2) is 8.47. The number of thiophene rings is 1. The fourth-order valence-electron chi connectivity index (χ4n) is 3.89. The zero-order valence-electron chi connectivity index (χ0n) is 17.9. The molecule has 0 saturated heterocycles. The van der Waals surface area contributed by atoms with E-state index in [-0.39, 0.29) is 17.9 Å². The lowest BCUT2D eigenvalue weighted by molar-refractivity contribution is -0.118. The number of aryl methyl sites for hydroxylation is 3. The molecule has 4 aromatic rings. The number of aromatic nitrogens is 2. The summed E-state index contributed by atoms with van der Waals surface area (Å²) in [6.45, 7) is 6.48. The summed E-state index contributed by atoms with van der Waals surface area (Å²) in [5, 5.41) is 0.641. The molecule has 0 fully saturated rings. The van der Waals surface area contributed by atoms with Crippen LogP contribution in [-0.2, 0) is 11.3 Å². The normalized spacial score (nSPS) is 11.2. The van der Waals surface area contributed by atoms with Gasteiger partial charge in [0.25, 0.3) is 5.56 Å². The Kier molecular flexibility index (Phi) is 5.74. The minimum absolute atomic E-state index is 0.0779. The van der Waals surface area contributed by atoms with Gasteiger partial charge in [0.1, 0.15) is 10.7 Å². The standard InChI is InChI=1S/C25H25N3O2S/c1-15-9-11-18(12-10-15)21-17(3)31-24-22(21)25(30)28(13-5-8-20(26)29)23(27-24)19-7-4-6-16(2)14-19/h4,6-7,9-12,14H,5,8,13H2,1-3H3,(H2,26,29). The maximum atomic E-state index is 13.8. The molecule has 0 saturated carbocycles. The van der Waals surface area contributed by atoms with Gasteiger partial charge in [-0.15, -0.1) is 11.3 Å². The van der Waals surface area contributed by atoms with E-state index in [4.69, 9.17) is 10.7 Å². The number of carbonyl (C=O) groups excluding carboxylic acids is 1. The second-order valence-corrected chi connectivity index (χ2v) is 9.11. The predicted octanol–water partition coefficient (Wildman–Crippen LogP) is 4.98. The van der Waals surface area contributed by atoms with Gasteiger partial charge in [0.2, 0.25) is 5.91 Å². The average molecular weight is 432 g/mol. The van der Waals surface area contributed by atoms with E-state index in [9.17, 15) is 9.59 Å². The molecule has 6 heteroatoms. The molecule has 31 heavy (non-hydrogen) atoms. The Morgan fingerprint density at radius 1 is 1.03 bits per heavy atom. The van der Waals surface area contributed by atoms with Crippen molar-refractivity contribution in [3.63, 3.8) is 0 Å². The van der Waals surface area contributed by atoms with Crippen molar-refractivity contribution >= 4 is 27.5 Å². The van der Waals surface area contributed by atoms with Crippen LogP contribution in [0.3, 0.4) is 0 Å². The van der Waals surface area contributed by atoms with Gasteiger partial charge in [-0.1, -0.05) is 53.6 Å². The highest BCUT2D eigenvalue weighted by atomic mass is 32.1. The molecule has 0 unspecified atom stereocenters. The second-order valence-electron chi connectivity index (χ2n) is 7.91. The summed E-state index contributed by atoms with van der Waals surface area (Å²) < 4.78 is 1.70. The van der Waals surface area contributed by atoms with Crippen LogP contribution in [0, 0.1) is 20.8 Å². The average Bonchev–Trinajstić information content (AvgIpc) is 3.06.